The van der Waals surface area contributed by atoms with E-state index in [2.05, 4.69) is 5.32 Å². The molecule has 1 amide bonds. The van der Waals surface area contributed by atoms with E-state index < -0.39 is 0 Å². The van der Waals surface area contributed by atoms with Crippen LogP contribution < -0.4 is 5.32 Å². The Morgan fingerprint density at radius 1 is 1.32 bits per heavy atom. The second-order valence-corrected chi connectivity index (χ2v) is 4.24. The molecular formula is C15H23NO3. The van der Waals surface area contributed by atoms with Crippen LogP contribution in [0, 0.1) is 0 Å². The molecular weight excluding hydrogens is 242 g/mol. The van der Waals surface area contributed by atoms with Crippen LogP contribution in [0.4, 0.5) is 0 Å². The summed E-state index contributed by atoms with van der Waals surface area (Å²) >= 11 is 0. The van der Waals surface area contributed by atoms with Crippen LogP contribution in [0.15, 0.2) is 30.3 Å². The highest BCUT2D eigenvalue weighted by molar-refractivity contribution is 5.75. The number of hydrogen-bond donors (Lipinski definition) is 1. The second kappa shape index (κ2) is 9.53. The summed E-state index contributed by atoms with van der Waals surface area (Å²) in [7, 11) is 1.65. The highest BCUT2D eigenvalue weighted by atomic mass is 16.5. The molecule has 1 N–H and O–H groups in total. The van der Waals surface area contributed by atoms with E-state index >= 15 is 0 Å². The first-order chi connectivity index (χ1) is 9.27. The van der Waals surface area contributed by atoms with Gasteiger partial charge in [0.1, 0.15) is 0 Å². The first-order valence-corrected chi connectivity index (χ1v) is 6.70. The molecule has 4 nitrogen and oxygen atoms in total. The molecule has 1 aromatic rings. The maximum absolute atomic E-state index is 11.6. The summed E-state index contributed by atoms with van der Waals surface area (Å²) in [6.45, 7) is 3.77. The average Bonchev–Trinajstić information content (AvgIpc) is 2.45. The lowest BCUT2D eigenvalue weighted by Crippen LogP contribution is -2.29. The van der Waals surface area contributed by atoms with Crippen LogP contribution in [0.2, 0.25) is 0 Å². The van der Waals surface area contributed by atoms with E-state index in [-0.39, 0.29) is 12.0 Å². The van der Waals surface area contributed by atoms with Gasteiger partial charge in [0.15, 0.2) is 0 Å². The van der Waals surface area contributed by atoms with Crippen molar-refractivity contribution in [1.82, 2.24) is 5.32 Å². The summed E-state index contributed by atoms with van der Waals surface area (Å²) in [6.07, 6.45) is 1.14. The third-order valence-corrected chi connectivity index (χ3v) is 2.84. The molecule has 0 spiro atoms. The Morgan fingerprint density at radius 2 is 2.05 bits per heavy atom. The van der Waals surface area contributed by atoms with Crippen molar-refractivity contribution in [3.8, 4) is 0 Å². The molecule has 19 heavy (non-hydrogen) atoms. The molecule has 0 fully saturated rings. The van der Waals surface area contributed by atoms with Crippen LogP contribution in [-0.2, 0) is 14.3 Å². The van der Waals surface area contributed by atoms with Crippen LogP contribution in [0.25, 0.3) is 0 Å². The summed E-state index contributed by atoms with van der Waals surface area (Å²) in [6, 6.07) is 9.88. The van der Waals surface area contributed by atoms with E-state index in [4.69, 9.17) is 9.47 Å². The summed E-state index contributed by atoms with van der Waals surface area (Å²) in [5, 5.41) is 2.89. The lowest BCUT2D eigenvalue weighted by Gasteiger charge is -2.16. The number of carbonyl (C=O) groups is 1. The van der Waals surface area contributed by atoms with E-state index in [0.29, 0.717) is 26.2 Å². The fourth-order valence-electron chi connectivity index (χ4n) is 1.78. The number of ether oxygens (including phenoxy) is 2. The van der Waals surface area contributed by atoms with Gasteiger partial charge in [-0.05, 0) is 18.9 Å². The van der Waals surface area contributed by atoms with Crippen molar-refractivity contribution in [3.63, 3.8) is 0 Å². The molecule has 0 heterocycles. The summed E-state index contributed by atoms with van der Waals surface area (Å²) in [5.41, 5.74) is 1.07. The van der Waals surface area contributed by atoms with Crippen LogP contribution in [0.5, 0.6) is 0 Å². The van der Waals surface area contributed by atoms with Gasteiger partial charge in [0.2, 0.25) is 5.91 Å². The van der Waals surface area contributed by atoms with Crippen molar-refractivity contribution in [3.05, 3.63) is 35.9 Å². The Hall–Kier alpha value is -1.39. The molecule has 0 unspecified atom stereocenters. The van der Waals surface area contributed by atoms with E-state index in [1.54, 1.807) is 7.11 Å². The number of methoxy groups -OCH3 is 1. The molecule has 1 rings (SSSR count). The molecule has 0 saturated heterocycles. The summed E-state index contributed by atoms with van der Waals surface area (Å²) in [5.74, 6) is 0.0395. The zero-order chi connectivity index (χ0) is 13.9. The predicted molar refractivity (Wildman–Crippen MR) is 74.9 cm³/mol. The van der Waals surface area contributed by atoms with Crippen molar-refractivity contribution in [2.24, 2.45) is 0 Å². The van der Waals surface area contributed by atoms with E-state index in [1.807, 2.05) is 37.3 Å². The van der Waals surface area contributed by atoms with Crippen LogP contribution in [0.1, 0.15) is 31.4 Å². The number of benzene rings is 1. The van der Waals surface area contributed by atoms with Gasteiger partial charge in [0.25, 0.3) is 0 Å². The zero-order valence-corrected chi connectivity index (χ0v) is 11.7. The van der Waals surface area contributed by atoms with Gasteiger partial charge in [0.05, 0.1) is 6.10 Å². The quantitative estimate of drug-likeness (QED) is 0.697. The van der Waals surface area contributed by atoms with Crippen LogP contribution in [-0.4, -0.2) is 32.8 Å². The number of amides is 1. The molecule has 4 heteroatoms. The monoisotopic (exact) mass is 265 g/mol. The molecule has 0 aliphatic rings. The Morgan fingerprint density at radius 3 is 2.68 bits per heavy atom. The third-order valence-electron chi connectivity index (χ3n) is 2.84. The average molecular weight is 265 g/mol. The van der Waals surface area contributed by atoms with E-state index in [1.165, 1.54) is 0 Å². The Bertz CT molecular complexity index is 354. The van der Waals surface area contributed by atoms with Gasteiger partial charge < -0.3 is 14.8 Å². The predicted octanol–water partition coefficient (Wildman–Crippen LogP) is 2.31. The zero-order valence-electron chi connectivity index (χ0n) is 11.7. The van der Waals surface area contributed by atoms with Gasteiger partial charge >= 0.3 is 0 Å². The van der Waals surface area contributed by atoms with Crippen molar-refractivity contribution in [1.29, 1.82) is 0 Å². The molecule has 0 radical (unpaired) electrons. The molecule has 0 saturated carbocycles. The number of hydrogen-bond acceptors (Lipinski definition) is 3. The van der Waals surface area contributed by atoms with Gasteiger partial charge in [-0.25, -0.2) is 0 Å². The lowest BCUT2D eigenvalue weighted by molar-refractivity contribution is -0.122. The largest absolute Gasteiger partial charge is 0.382 e. The number of carbonyl (C=O) groups excluding carboxylic acids is 1. The minimum Gasteiger partial charge on any atom is -0.382 e. The maximum Gasteiger partial charge on any atom is 0.220 e. The van der Waals surface area contributed by atoms with Gasteiger partial charge in [-0.3, -0.25) is 4.79 Å². The molecule has 0 aromatic heterocycles. The van der Waals surface area contributed by atoms with E-state index in [9.17, 15) is 4.79 Å². The Kier molecular flexibility index (Phi) is 7.86. The fraction of sp³-hybridized carbons (Fsp3) is 0.533. The SMILES string of the molecule is CCOCCCC(=O)NC[C@@H](OC)c1ccccc1. The smallest absolute Gasteiger partial charge is 0.220 e. The highest BCUT2D eigenvalue weighted by Gasteiger charge is 2.11. The minimum atomic E-state index is -0.1000. The molecule has 106 valence electrons. The van der Waals surface area contributed by atoms with Crippen molar-refractivity contribution in [2.45, 2.75) is 25.9 Å². The molecule has 1 aromatic carbocycles. The lowest BCUT2D eigenvalue weighted by atomic mass is 10.1. The molecule has 1 atom stereocenters. The molecule has 0 aliphatic heterocycles. The summed E-state index contributed by atoms with van der Waals surface area (Å²) in [4.78, 5) is 11.6. The molecule has 0 aliphatic carbocycles. The normalized spacial score (nSPS) is 12.1. The Labute approximate surface area is 115 Å². The van der Waals surface area contributed by atoms with Crippen LogP contribution >= 0.6 is 0 Å². The maximum atomic E-state index is 11.6. The van der Waals surface area contributed by atoms with Crippen LogP contribution in [0.3, 0.4) is 0 Å². The standard InChI is InChI=1S/C15H23NO3/c1-3-19-11-7-10-15(17)16-12-14(18-2)13-8-5-4-6-9-13/h4-6,8-9,14H,3,7,10-12H2,1-2H3,(H,16,17)/t14-/m1/s1. The topological polar surface area (TPSA) is 47.6 Å². The number of nitrogens with one attached hydrogen (secondary N) is 1. The first-order valence-electron chi connectivity index (χ1n) is 6.70. The van der Waals surface area contributed by atoms with Crippen molar-refractivity contribution in [2.75, 3.05) is 26.9 Å². The van der Waals surface area contributed by atoms with Gasteiger partial charge in [-0.2, -0.15) is 0 Å². The van der Waals surface area contributed by atoms with Gasteiger partial charge in [-0.1, -0.05) is 30.3 Å². The van der Waals surface area contributed by atoms with Gasteiger partial charge in [-0.15, -0.1) is 0 Å². The van der Waals surface area contributed by atoms with Gasteiger partial charge in [0, 0.05) is 33.3 Å². The minimum absolute atomic E-state index is 0.0395. The van der Waals surface area contributed by atoms with E-state index in [0.717, 1.165) is 12.0 Å². The highest BCUT2D eigenvalue weighted by Crippen LogP contribution is 2.14. The number of rotatable bonds is 9. The first kappa shape index (κ1) is 15.7. The fourth-order valence-corrected chi connectivity index (χ4v) is 1.78. The second-order valence-electron chi connectivity index (χ2n) is 4.24. The van der Waals surface area contributed by atoms with Crippen molar-refractivity contribution >= 4 is 5.91 Å². The third kappa shape index (κ3) is 6.36. The van der Waals surface area contributed by atoms with Crippen molar-refractivity contribution < 1.29 is 14.3 Å². The summed E-state index contributed by atoms with van der Waals surface area (Å²) < 4.78 is 10.6. The Balaban J connectivity index is 2.28. The molecule has 0 bridgehead atoms.